The Morgan fingerprint density at radius 1 is 0.933 bits per heavy atom. The summed E-state index contributed by atoms with van der Waals surface area (Å²) in [6, 6.07) is 14.2. The molecule has 3 aromatic rings. The van der Waals surface area contributed by atoms with Crippen LogP contribution in [0.2, 0.25) is 0 Å². The third-order valence-electron chi connectivity index (χ3n) is 4.60. The van der Waals surface area contributed by atoms with Gasteiger partial charge in [0.2, 0.25) is 0 Å². The lowest BCUT2D eigenvalue weighted by molar-refractivity contribution is -0.120. The van der Waals surface area contributed by atoms with Crippen LogP contribution in [0.1, 0.15) is 4.88 Å². The summed E-state index contributed by atoms with van der Waals surface area (Å²) in [5.74, 6) is -0.892. The zero-order chi connectivity index (χ0) is 21.3. The van der Waals surface area contributed by atoms with E-state index < -0.39 is 17.6 Å². The summed E-state index contributed by atoms with van der Waals surface area (Å²) in [6.07, 6.45) is 0. The minimum Gasteiger partial charge on any atom is -0.493 e. The number of benzene rings is 2. The summed E-state index contributed by atoms with van der Waals surface area (Å²) in [5, 5.41) is 4.83. The van der Waals surface area contributed by atoms with Gasteiger partial charge in [0.15, 0.2) is 11.5 Å². The Labute approximate surface area is 176 Å². The maximum atomic E-state index is 14.4. The first-order valence-electron chi connectivity index (χ1n) is 8.95. The Bertz CT molecular complexity index is 1160. The SMILES string of the molecule is COc1ccc(NC2=C(c3cccs3)C(=O)N(c3ccccc3F)C2=O)cc1OC. The molecule has 0 radical (unpaired) electrons. The fourth-order valence-electron chi connectivity index (χ4n) is 3.21. The second kappa shape index (κ2) is 8.00. The van der Waals surface area contributed by atoms with E-state index in [4.69, 9.17) is 9.47 Å². The summed E-state index contributed by atoms with van der Waals surface area (Å²) >= 11 is 1.32. The molecule has 2 heterocycles. The average molecular weight is 424 g/mol. The predicted molar refractivity (Wildman–Crippen MR) is 113 cm³/mol. The number of imide groups is 1. The summed E-state index contributed by atoms with van der Waals surface area (Å²) in [4.78, 5) is 27.9. The predicted octanol–water partition coefficient (Wildman–Crippen LogP) is 4.30. The van der Waals surface area contributed by atoms with Gasteiger partial charge in [-0.15, -0.1) is 11.3 Å². The van der Waals surface area contributed by atoms with Crippen molar-refractivity contribution in [1.82, 2.24) is 0 Å². The molecule has 30 heavy (non-hydrogen) atoms. The molecule has 0 saturated heterocycles. The summed E-state index contributed by atoms with van der Waals surface area (Å²) in [7, 11) is 3.02. The highest BCUT2D eigenvalue weighted by Gasteiger charge is 2.41. The molecule has 0 spiro atoms. The van der Waals surface area contributed by atoms with Crippen LogP contribution in [0.5, 0.6) is 11.5 Å². The molecule has 0 atom stereocenters. The minimum absolute atomic E-state index is 0.0675. The number of rotatable bonds is 6. The number of hydrogen-bond donors (Lipinski definition) is 1. The lowest BCUT2D eigenvalue weighted by Crippen LogP contribution is -2.33. The van der Waals surface area contributed by atoms with Crippen LogP contribution in [0, 0.1) is 5.82 Å². The Morgan fingerprint density at radius 3 is 2.37 bits per heavy atom. The number of halogens is 1. The van der Waals surface area contributed by atoms with Gasteiger partial charge in [0, 0.05) is 16.6 Å². The Kier molecular flexibility index (Phi) is 5.24. The number of carbonyl (C=O) groups is 2. The number of amides is 2. The van der Waals surface area contributed by atoms with Crippen LogP contribution in [0.4, 0.5) is 15.8 Å². The molecule has 0 unspecified atom stereocenters. The van der Waals surface area contributed by atoms with E-state index in [0.717, 1.165) is 4.90 Å². The van der Waals surface area contributed by atoms with E-state index in [1.165, 1.54) is 43.8 Å². The number of ether oxygens (including phenoxy) is 2. The molecular formula is C22H17FN2O4S. The summed E-state index contributed by atoms with van der Waals surface area (Å²) < 4.78 is 24.9. The smallest absolute Gasteiger partial charge is 0.282 e. The monoisotopic (exact) mass is 424 g/mol. The molecule has 2 amide bonds. The maximum Gasteiger partial charge on any atom is 0.282 e. The highest BCUT2D eigenvalue weighted by Crippen LogP contribution is 2.37. The molecule has 4 rings (SSSR count). The van der Waals surface area contributed by atoms with Crippen LogP contribution >= 0.6 is 11.3 Å². The average Bonchev–Trinajstić information content (AvgIpc) is 3.36. The normalized spacial score (nSPS) is 13.8. The van der Waals surface area contributed by atoms with Gasteiger partial charge >= 0.3 is 0 Å². The van der Waals surface area contributed by atoms with Gasteiger partial charge in [-0.05, 0) is 35.7 Å². The van der Waals surface area contributed by atoms with Crippen molar-refractivity contribution in [2.45, 2.75) is 0 Å². The number of thiophene rings is 1. The van der Waals surface area contributed by atoms with Crippen molar-refractivity contribution in [3.05, 3.63) is 76.4 Å². The zero-order valence-electron chi connectivity index (χ0n) is 16.1. The van der Waals surface area contributed by atoms with E-state index in [1.807, 2.05) is 0 Å². The first-order chi connectivity index (χ1) is 14.5. The van der Waals surface area contributed by atoms with Crippen molar-refractivity contribution in [2.75, 3.05) is 24.4 Å². The third-order valence-corrected chi connectivity index (χ3v) is 5.49. The number of anilines is 2. The molecule has 0 fully saturated rings. The highest BCUT2D eigenvalue weighted by atomic mass is 32.1. The number of methoxy groups -OCH3 is 2. The molecule has 1 N–H and O–H groups in total. The van der Waals surface area contributed by atoms with E-state index in [-0.39, 0.29) is 17.0 Å². The number of para-hydroxylation sites is 1. The third kappa shape index (κ3) is 3.31. The molecule has 1 aromatic heterocycles. The second-order valence-electron chi connectivity index (χ2n) is 6.32. The van der Waals surface area contributed by atoms with Crippen molar-refractivity contribution in [2.24, 2.45) is 0 Å². The quantitative estimate of drug-likeness (QED) is 0.598. The standard InChI is InChI=1S/C22H17FN2O4S/c1-28-16-10-9-13(12-17(16)29-2)24-20-19(18-8-5-11-30-18)21(26)25(22(20)27)15-7-4-3-6-14(15)23/h3-12,24H,1-2H3. The van der Waals surface area contributed by atoms with E-state index in [9.17, 15) is 14.0 Å². The van der Waals surface area contributed by atoms with Gasteiger partial charge in [0.25, 0.3) is 11.8 Å². The second-order valence-corrected chi connectivity index (χ2v) is 7.27. The minimum atomic E-state index is -0.655. The first kappa shape index (κ1) is 19.7. The van der Waals surface area contributed by atoms with Gasteiger partial charge in [-0.1, -0.05) is 18.2 Å². The van der Waals surface area contributed by atoms with Crippen LogP contribution in [-0.4, -0.2) is 26.0 Å². The number of nitrogens with one attached hydrogen (secondary N) is 1. The molecule has 0 saturated carbocycles. The Morgan fingerprint density at radius 2 is 1.70 bits per heavy atom. The van der Waals surface area contributed by atoms with Crippen molar-refractivity contribution in [1.29, 1.82) is 0 Å². The van der Waals surface area contributed by atoms with E-state index in [0.29, 0.717) is 22.1 Å². The topological polar surface area (TPSA) is 67.9 Å². The first-order valence-corrected chi connectivity index (χ1v) is 9.83. The molecule has 6 nitrogen and oxygen atoms in total. The van der Waals surface area contributed by atoms with E-state index >= 15 is 0 Å². The zero-order valence-corrected chi connectivity index (χ0v) is 17.0. The van der Waals surface area contributed by atoms with Crippen molar-refractivity contribution in [3.8, 4) is 11.5 Å². The molecule has 2 aromatic carbocycles. The highest BCUT2D eigenvalue weighted by molar-refractivity contribution is 7.11. The van der Waals surface area contributed by atoms with Gasteiger partial charge in [-0.3, -0.25) is 9.59 Å². The van der Waals surface area contributed by atoms with Crippen LogP contribution in [-0.2, 0) is 9.59 Å². The van der Waals surface area contributed by atoms with Gasteiger partial charge in [0.05, 0.1) is 25.5 Å². The van der Waals surface area contributed by atoms with Crippen molar-refractivity contribution in [3.63, 3.8) is 0 Å². The summed E-state index contributed by atoms with van der Waals surface area (Å²) in [5.41, 5.74) is 0.685. The molecule has 8 heteroatoms. The van der Waals surface area contributed by atoms with Gasteiger partial charge < -0.3 is 14.8 Å². The Hall–Kier alpha value is -3.65. The van der Waals surface area contributed by atoms with Crippen LogP contribution < -0.4 is 19.7 Å². The van der Waals surface area contributed by atoms with E-state index in [2.05, 4.69) is 5.32 Å². The van der Waals surface area contributed by atoms with Crippen LogP contribution in [0.25, 0.3) is 5.57 Å². The lowest BCUT2D eigenvalue weighted by atomic mass is 10.1. The fraction of sp³-hybridized carbons (Fsp3) is 0.0909. The number of nitrogens with zero attached hydrogens (tertiary/aromatic N) is 1. The Balaban J connectivity index is 1.79. The molecule has 1 aliphatic rings. The van der Waals surface area contributed by atoms with E-state index in [1.54, 1.807) is 41.8 Å². The lowest BCUT2D eigenvalue weighted by Gasteiger charge is -2.16. The largest absolute Gasteiger partial charge is 0.493 e. The fourth-order valence-corrected chi connectivity index (χ4v) is 3.97. The van der Waals surface area contributed by atoms with Crippen LogP contribution in [0.3, 0.4) is 0 Å². The number of hydrogen-bond acceptors (Lipinski definition) is 6. The van der Waals surface area contributed by atoms with Gasteiger partial charge in [-0.25, -0.2) is 9.29 Å². The van der Waals surface area contributed by atoms with Crippen molar-refractivity contribution < 1.29 is 23.5 Å². The maximum absolute atomic E-state index is 14.4. The molecule has 152 valence electrons. The molecule has 0 aliphatic carbocycles. The summed E-state index contributed by atoms with van der Waals surface area (Å²) in [6.45, 7) is 0. The molecular weight excluding hydrogens is 407 g/mol. The van der Waals surface area contributed by atoms with Crippen LogP contribution in [0.15, 0.2) is 65.7 Å². The van der Waals surface area contributed by atoms with Crippen molar-refractivity contribution >= 4 is 40.1 Å². The van der Waals surface area contributed by atoms with Gasteiger partial charge in [-0.2, -0.15) is 0 Å². The number of carbonyl (C=O) groups excluding carboxylic acids is 2. The molecule has 0 bridgehead atoms. The van der Waals surface area contributed by atoms with Gasteiger partial charge in [0.1, 0.15) is 11.5 Å². The molecule has 1 aliphatic heterocycles.